The summed E-state index contributed by atoms with van der Waals surface area (Å²) in [6.45, 7) is 1.86. The van der Waals surface area contributed by atoms with Crippen LogP contribution >= 0.6 is 0 Å². The van der Waals surface area contributed by atoms with Crippen LogP contribution in [0.15, 0.2) is 48.8 Å². The lowest BCUT2D eigenvalue weighted by Crippen LogP contribution is -2.27. The van der Waals surface area contributed by atoms with E-state index < -0.39 is 0 Å². The number of aromatic amines is 1. The number of rotatable bonds is 3. The van der Waals surface area contributed by atoms with Gasteiger partial charge in [0.25, 0.3) is 5.91 Å². The van der Waals surface area contributed by atoms with Gasteiger partial charge >= 0.3 is 0 Å². The number of aromatic nitrogens is 3. The molecule has 1 heterocycles. The zero-order chi connectivity index (χ0) is 13.9. The van der Waals surface area contributed by atoms with Gasteiger partial charge in [-0.05, 0) is 29.8 Å². The zero-order valence-electron chi connectivity index (χ0n) is 11.0. The Kier molecular flexibility index (Phi) is 3.16. The molecule has 1 unspecified atom stereocenters. The van der Waals surface area contributed by atoms with E-state index in [1.54, 1.807) is 0 Å². The second-order valence-corrected chi connectivity index (χ2v) is 4.63. The fraction of sp³-hybridized carbons (Fsp3) is 0.133. The van der Waals surface area contributed by atoms with Gasteiger partial charge in [-0.15, -0.1) is 0 Å². The number of carbonyl (C=O) groups excluding carboxylic acids is 1. The lowest BCUT2D eigenvalue weighted by molar-refractivity contribution is 0.0938. The van der Waals surface area contributed by atoms with E-state index in [0.717, 1.165) is 10.8 Å². The lowest BCUT2D eigenvalue weighted by atomic mass is 10.1. The summed E-state index contributed by atoms with van der Waals surface area (Å²) in [5, 5.41) is 11.6. The number of nitrogens with zero attached hydrogens (tertiary/aromatic N) is 2. The summed E-state index contributed by atoms with van der Waals surface area (Å²) in [7, 11) is 0. The van der Waals surface area contributed by atoms with Crippen molar-refractivity contribution in [3.63, 3.8) is 0 Å². The summed E-state index contributed by atoms with van der Waals surface area (Å²) < 4.78 is 0. The van der Waals surface area contributed by atoms with Crippen LogP contribution in [0.3, 0.4) is 0 Å². The first-order valence-electron chi connectivity index (χ1n) is 6.39. The van der Waals surface area contributed by atoms with Gasteiger partial charge in [-0.2, -0.15) is 5.10 Å². The smallest absolute Gasteiger partial charge is 0.251 e. The first-order valence-corrected chi connectivity index (χ1v) is 6.39. The van der Waals surface area contributed by atoms with E-state index in [-0.39, 0.29) is 11.9 Å². The van der Waals surface area contributed by atoms with E-state index >= 15 is 0 Å². The minimum absolute atomic E-state index is 0.125. The highest BCUT2D eigenvalue weighted by Gasteiger charge is 2.13. The van der Waals surface area contributed by atoms with Crippen molar-refractivity contribution in [1.82, 2.24) is 20.5 Å². The van der Waals surface area contributed by atoms with Gasteiger partial charge in [0, 0.05) is 5.56 Å². The predicted molar refractivity (Wildman–Crippen MR) is 76.2 cm³/mol. The van der Waals surface area contributed by atoms with Crippen molar-refractivity contribution >= 4 is 16.7 Å². The number of hydrogen-bond acceptors (Lipinski definition) is 3. The molecule has 1 amide bonds. The van der Waals surface area contributed by atoms with Crippen molar-refractivity contribution in [1.29, 1.82) is 0 Å². The number of H-pyrrole nitrogens is 1. The van der Waals surface area contributed by atoms with Gasteiger partial charge < -0.3 is 5.32 Å². The maximum Gasteiger partial charge on any atom is 0.251 e. The number of fused-ring (bicyclic) bond motifs is 1. The Morgan fingerprint density at radius 2 is 2.00 bits per heavy atom. The van der Waals surface area contributed by atoms with Crippen LogP contribution < -0.4 is 5.32 Å². The van der Waals surface area contributed by atoms with Crippen LogP contribution in [-0.4, -0.2) is 21.1 Å². The van der Waals surface area contributed by atoms with Crippen molar-refractivity contribution in [2.75, 3.05) is 0 Å². The summed E-state index contributed by atoms with van der Waals surface area (Å²) in [6.07, 6.45) is 1.42. The van der Waals surface area contributed by atoms with Crippen LogP contribution in [0.1, 0.15) is 29.1 Å². The number of hydrogen-bond donors (Lipinski definition) is 2. The molecule has 1 atom stereocenters. The molecule has 0 saturated carbocycles. The van der Waals surface area contributed by atoms with E-state index in [2.05, 4.69) is 20.5 Å². The first kappa shape index (κ1) is 12.3. The quantitative estimate of drug-likeness (QED) is 0.765. The highest BCUT2D eigenvalue weighted by molar-refractivity contribution is 5.98. The minimum Gasteiger partial charge on any atom is -0.342 e. The Morgan fingerprint density at radius 3 is 2.75 bits per heavy atom. The van der Waals surface area contributed by atoms with Crippen molar-refractivity contribution in [2.45, 2.75) is 13.0 Å². The molecule has 1 aromatic heterocycles. The van der Waals surface area contributed by atoms with Crippen LogP contribution in [0.2, 0.25) is 0 Å². The molecule has 0 saturated heterocycles. The van der Waals surface area contributed by atoms with E-state index in [4.69, 9.17) is 0 Å². The molecule has 5 heteroatoms. The summed E-state index contributed by atoms with van der Waals surface area (Å²) >= 11 is 0. The zero-order valence-corrected chi connectivity index (χ0v) is 11.0. The second kappa shape index (κ2) is 5.13. The van der Waals surface area contributed by atoms with Gasteiger partial charge in [0.15, 0.2) is 0 Å². The molecule has 0 bridgehead atoms. The molecule has 0 spiro atoms. The normalized spacial score (nSPS) is 12.2. The van der Waals surface area contributed by atoms with Crippen molar-refractivity contribution < 1.29 is 4.79 Å². The fourth-order valence-corrected chi connectivity index (χ4v) is 2.10. The Labute approximate surface area is 116 Å². The van der Waals surface area contributed by atoms with Gasteiger partial charge in [0.2, 0.25) is 0 Å². The SMILES string of the molecule is CC(NC(=O)c1ccc2ccccc2c1)c1ncn[nH]1. The molecule has 2 aromatic carbocycles. The molecule has 3 rings (SSSR count). The van der Waals surface area contributed by atoms with Crippen LogP contribution in [-0.2, 0) is 0 Å². The molecule has 0 radical (unpaired) electrons. The molecule has 5 nitrogen and oxygen atoms in total. The van der Waals surface area contributed by atoms with E-state index in [9.17, 15) is 4.79 Å². The van der Waals surface area contributed by atoms with E-state index in [1.807, 2.05) is 49.4 Å². The fourth-order valence-electron chi connectivity index (χ4n) is 2.10. The molecule has 3 aromatic rings. The molecule has 0 aliphatic carbocycles. The standard InChI is InChI=1S/C15H14N4O/c1-10(14-16-9-17-19-14)18-15(20)13-7-6-11-4-2-3-5-12(11)8-13/h2-10H,1H3,(H,18,20)(H,16,17,19). The van der Waals surface area contributed by atoms with Crippen LogP contribution in [0.25, 0.3) is 10.8 Å². The number of amides is 1. The molecular formula is C15H14N4O. The maximum atomic E-state index is 12.2. The third-order valence-electron chi connectivity index (χ3n) is 3.20. The summed E-state index contributed by atoms with van der Waals surface area (Å²) in [5.41, 5.74) is 0.634. The first-order chi connectivity index (χ1) is 9.74. The largest absolute Gasteiger partial charge is 0.342 e. The summed E-state index contributed by atoms with van der Waals surface area (Å²) in [4.78, 5) is 16.3. The summed E-state index contributed by atoms with van der Waals surface area (Å²) in [6, 6.07) is 13.4. The van der Waals surface area contributed by atoms with Gasteiger partial charge in [-0.1, -0.05) is 30.3 Å². The predicted octanol–water partition coefficient (Wildman–Crippen LogP) is 2.45. The van der Waals surface area contributed by atoms with Gasteiger partial charge in [-0.25, -0.2) is 4.98 Å². The number of nitrogens with one attached hydrogen (secondary N) is 2. The van der Waals surface area contributed by atoms with E-state index in [0.29, 0.717) is 11.4 Å². The minimum atomic E-state index is -0.212. The van der Waals surface area contributed by atoms with Crippen LogP contribution in [0.4, 0.5) is 0 Å². The molecule has 0 aliphatic heterocycles. The van der Waals surface area contributed by atoms with Gasteiger partial charge in [-0.3, -0.25) is 9.89 Å². The van der Waals surface area contributed by atoms with Crippen molar-refractivity contribution in [3.05, 3.63) is 60.2 Å². The van der Waals surface area contributed by atoms with Gasteiger partial charge in [0.05, 0.1) is 6.04 Å². The average molecular weight is 266 g/mol. The molecule has 2 N–H and O–H groups in total. The van der Waals surface area contributed by atoms with Gasteiger partial charge in [0.1, 0.15) is 12.2 Å². The Bertz CT molecular complexity index is 736. The topological polar surface area (TPSA) is 70.7 Å². The molecular weight excluding hydrogens is 252 g/mol. The highest BCUT2D eigenvalue weighted by atomic mass is 16.1. The third kappa shape index (κ3) is 2.38. The number of carbonyl (C=O) groups is 1. The number of benzene rings is 2. The lowest BCUT2D eigenvalue weighted by Gasteiger charge is -2.11. The average Bonchev–Trinajstić information content (AvgIpc) is 3.01. The van der Waals surface area contributed by atoms with E-state index in [1.165, 1.54) is 6.33 Å². The Balaban J connectivity index is 1.82. The summed E-state index contributed by atoms with van der Waals surface area (Å²) in [5.74, 6) is 0.513. The maximum absolute atomic E-state index is 12.2. The van der Waals surface area contributed by atoms with Crippen LogP contribution in [0.5, 0.6) is 0 Å². The molecule has 0 fully saturated rings. The third-order valence-corrected chi connectivity index (χ3v) is 3.20. The van der Waals surface area contributed by atoms with Crippen molar-refractivity contribution in [3.8, 4) is 0 Å². The van der Waals surface area contributed by atoms with Crippen LogP contribution in [0, 0.1) is 0 Å². The Morgan fingerprint density at radius 1 is 1.20 bits per heavy atom. The Hall–Kier alpha value is -2.69. The molecule has 100 valence electrons. The second-order valence-electron chi connectivity index (χ2n) is 4.63. The molecule has 20 heavy (non-hydrogen) atoms. The monoisotopic (exact) mass is 266 g/mol. The highest BCUT2D eigenvalue weighted by Crippen LogP contribution is 2.16. The van der Waals surface area contributed by atoms with Crippen molar-refractivity contribution in [2.24, 2.45) is 0 Å². The molecule has 0 aliphatic rings.